The van der Waals surface area contributed by atoms with E-state index in [1.54, 1.807) is 0 Å². The molecule has 0 atom stereocenters. The lowest BCUT2D eigenvalue weighted by Gasteiger charge is -2.09. The van der Waals surface area contributed by atoms with Gasteiger partial charge in [0.25, 0.3) is 0 Å². The van der Waals surface area contributed by atoms with Crippen LogP contribution in [0.1, 0.15) is 18.4 Å². The second kappa shape index (κ2) is 8.02. The lowest BCUT2D eigenvalue weighted by Crippen LogP contribution is -2.13. The molecule has 2 aromatic heterocycles. The number of anilines is 1. The maximum Gasteiger partial charge on any atom is 0.228 e. The molecule has 6 rings (SSSR count). The lowest BCUT2D eigenvalue weighted by molar-refractivity contribution is -0.117. The Bertz CT molecular complexity index is 1430. The minimum atomic E-state index is 0.0348. The first-order chi connectivity index (χ1) is 16.3. The summed E-state index contributed by atoms with van der Waals surface area (Å²) in [5.74, 6) is 0.705. The van der Waals surface area contributed by atoms with E-state index >= 15 is 0 Å². The number of hydrogen-bond donors (Lipinski definition) is 2. The Kier molecular flexibility index (Phi) is 4.72. The molecular formula is C26H22N6O. The molecular weight excluding hydrogens is 412 g/mol. The third-order valence-electron chi connectivity index (χ3n) is 5.98. The molecule has 1 saturated carbocycles. The van der Waals surface area contributed by atoms with Gasteiger partial charge in [-0.05, 0) is 30.5 Å². The number of hydrogen-bond acceptors (Lipinski definition) is 4. The number of nitrogens with zero attached hydrogens (tertiary/aromatic N) is 4. The van der Waals surface area contributed by atoms with Gasteiger partial charge in [-0.1, -0.05) is 71.9 Å². The van der Waals surface area contributed by atoms with Gasteiger partial charge in [0.1, 0.15) is 5.69 Å². The van der Waals surface area contributed by atoms with Gasteiger partial charge in [0.15, 0.2) is 5.82 Å². The van der Waals surface area contributed by atoms with Gasteiger partial charge in [-0.25, -0.2) is 4.68 Å². The van der Waals surface area contributed by atoms with Gasteiger partial charge in [0, 0.05) is 22.4 Å². The third-order valence-corrected chi connectivity index (χ3v) is 5.98. The summed E-state index contributed by atoms with van der Waals surface area (Å²) in [5, 5.41) is 20.2. The number of aromatic amines is 1. The Morgan fingerprint density at radius 1 is 0.970 bits per heavy atom. The average Bonchev–Trinajstić information content (AvgIpc) is 3.53. The highest BCUT2D eigenvalue weighted by molar-refractivity contribution is 6.02. The maximum atomic E-state index is 12.3. The zero-order chi connectivity index (χ0) is 22.2. The van der Waals surface area contributed by atoms with Gasteiger partial charge in [-0.2, -0.15) is 5.10 Å². The van der Waals surface area contributed by atoms with E-state index in [1.807, 2.05) is 59.3 Å². The molecule has 3 aromatic carbocycles. The monoisotopic (exact) mass is 434 g/mol. The number of H-pyrrole nitrogens is 1. The Hall–Kier alpha value is -4.26. The van der Waals surface area contributed by atoms with Crippen LogP contribution in [0, 0.1) is 5.92 Å². The lowest BCUT2D eigenvalue weighted by atomic mass is 10.0. The molecule has 2 heterocycles. The van der Waals surface area contributed by atoms with E-state index in [0.29, 0.717) is 12.4 Å². The van der Waals surface area contributed by atoms with E-state index < -0.39 is 0 Å². The van der Waals surface area contributed by atoms with Gasteiger partial charge in [0.05, 0.1) is 17.8 Å². The summed E-state index contributed by atoms with van der Waals surface area (Å²) in [6.45, 7) is 0.620. The highest BCUT2D eigenvalue weighted by Crippen LogP contribution is 2.35. The molecule has 33 heavy (non-hydrogen) atoms. The van der Waals surface area contributed by atoms with Crippen LogP contribution in [-0.2, 0) is 11.3 Å². The fraction of sp³-hybridized carbons (Fsp3) is 0.154. The van der Waals surface area contributed by atoms with Crippen LogP contribution in [0.2, 0.25) is 0 Å². The van der Waals surface area contributed by atoms with Crippen molar-refractivity contribution in [3.05, 3.63) is 84.4 Å². The standard InChI is InChI=1S/C26H22N6O/c33-26(19-11-12-19)27-25-21-15-20(13-14-22(21)28-30-25)23-24(18-9-5-2-6-10-18)32(31-29-23)16-17-7-3-1-4-8-17/h1-10,13-15,19H,11-12,16H2,(H2,27,28,30,33). The predicted octanol–water partition coefficient (Wildman–Crippen LogP) is 4.89. The normalized spacial score (nSPS) is 13.3. The Labute approximate surface area is 190 Å². The molecule has 0 radical (unpaired) electrons. The molecule has 0 spiro atoms. The number of amides is 1. The van der Waals surface area contributed by atoms with Crippen LogP contribution in [0.5, 0.6) is 0 Å². The SMILES string of the molecule is O=C(Nc1n[nH]c2ccc(-c3nnn(Cc4ccccc4)c3-c3ccccc3)cc12)C1CC1. The van der Waals surface area contributed by atoms with Crippen molar-refractivity contribution >= 4 is 22.6 Å². The Morgan fingerprint density at radius 2 is 1.73 bits per heavy atom. The molecule has 2 N–H and O–H groups in total. The predicted molar refractivity (Wildman–Crippen MR) is 127 cm³/mol. The zero-order valence-electron chi connectivity index (χ0n) is 17.9. The Balaban J connectivity index is 1.44. The molecule has 1 amide bonds. The van der Waals surface area contributed by atoms with E-state index in [2.05, 4.69) is 50.1 Å². The van der Waals surface area contributed by atoms with E-state index in [9.17, 15) is 4.79 Å². The van der Waals surface area contributed by atoms with Crippen molar-refractivity contribution in [2.75, 3.05) is 5.32 Å². The first kappa shape index (κ1) is 19.4. The molecule has 1 aliphatic carbocycles. The van der Waals surface area contributed by atoms with Crippen LogP contribution in [-0.4, -0.2) is 31.1 Å². The molecule has 0 saturated heterocycles. The largest absolute Gasteiger partial charge is 0.308 e. The van der Waals surface area contributed by atoms with Crippen LogP contribution in [0.15, 0.2) is 78.9 Å². The van der Waals surface area contributed by atoms with E-state index in [1.165, 1.54) is 0 Å². The number of rotatable bonds is 6. The number of carbonyl (C=O) groups is 1. The second-order valence-electron chi connectivity index (χ2n) is 8.39. The van der Waals surface area contributed by atoms with Crippen molar-refractivity contribution in [3.63, 3.8) is 0 Å². The summed E-state index contributed by atoms with van der Waals surface area (Å²) in [7, 11) is 0. The molecule has 0 unspecified atom stereocenters. The summed E-state index contributed by atoms with van der Waals surface area (Å²) in [6, 6.07) is 26.4. The summed E-state index contributed by atoms with van der Waals surface area (Å²) >= 11 is 0. The van der Waals surface area contributed by atoms with E-state index in [4.69, 9.17) is 0 Å². The number of nitrogens with one attached hydrogen (secondary N) is 2. The summed E-state index contributed by atoms with van der Waals surface area (Å²) in [6.07, 6.45) is 1.90. The van der Waals surface area contributed by atoms with Crippen LogP contribution in [0.25, 0.3) is 33.4 Å². The number of fused-ring (bicyclic) bond motifs is 1. The molecule has 7 heteroatoms. The number of benzene rings is 3. The zero-order valence-corrected chi connectivity index (χ0v) is 17.9. The first-order valence-corrected chi connectivity index (χ1v) is 11.1. The van der Waals surface area contributed by atoms with Crippen LogP contribution < -0.4 is 5.32 Å². The minimum Gasteiger partial charge on any atom is -0.308 e. The fourth-order valence-corrected chi connectivity index (χ4v) is 4.08. The highest BCUT2D eigenvalue weighted by Gasteiger charge is 2.30. The first-order valence-electron chi connectivity index (χ1n) is 11.1. The van der Waals surface area contributed by atoms with Crippen LogP contribution in [0.4, 0.5) is 5.82 Å². The number of aromatic nitrogens is 5. The van der Waals surface area contributed by atoms with Gasteiger partial charge in [-0.15, -0.1) is 5.10 Å². The van der Waals surface area contributed by atoms with Crippen LogP contribution in [0.3, 0.4) is 0 Å². The Morgan fingerprint density at radius 3 is 2.48 bits per heavy atom. The minimum absolute atomic E-state index is 0.0348. The van der Waals surface area contributed by atoms with Crippen molar-refractivity contribution in [2.45, 2.75) is 19.4 Å². The maximum absolute atomic E-state index is 12.3. The molecule has 1 aliphatic rings. The molecule has 5 aromatic rings. The van der Waals surface area contributed by atoms with Gasteiger partial charge in [0.2, 0.25) is 5.91 Å². The summed E-state index contributed by atoms with van der Waals surface area (Å²) in [5.41, 5.74) is 5.72. The highest BCUT2D eigenvalue weighted by atomic mass is 16.2. The molecule has 162 valence electrons. The van der Waals surface area contributed by atoms with Gasteiger partial charge >= 0.3 is 0 Å². The smallest absolute Gasteiger partial charge is 0.228 e. The summed E-state index contributed by atoms with van der Waals surface area (Å²) in [4.78, 5) is 12.3. The second-order valence-corrected chi connectivity index (χ2v) is 8.39. The van der Waals surface area contributed by atoms with Crippen molar-refractivity contribution in [3.8, 4) is 22.5 Å². The van der Waals surface area contributed by atoms with Gasteiger partial charge < -0.3 is 5.32 Å². The third kappa shape index (κ3) is 3.78. The molecule has 0 aliphatic heterocycles. The van der Waals surface area contributed by atoms with Crippen molar-refractivity contribution < 1.29 is 4.79 Å². The number of carbonyl (C=O) groups excluding carboxylic acids is 1. The topological polar surface area (TPSA) is 88.5 Å². The van der Waals surface area contributed by atoms with Crippen molar-refractivity contribution in [1.29, 1.82) is 0 Å². The molecule has 7 nitrogen and oxygen atoms in total. The fourth-order valence-electron chi connectivity index (χ4n) is 4.08. The quantitative estimate of drug-likeness (QED) is 0.398. The van der Waals surface area contributed by atoms with Crippen molar-refractivity contribution in [1.82, 2.24) is 25.2 Å². The van der Waals surface area contributed by atoms with E-state index in [0.717, 1.165) is 51.8 Å². The van der Waals surface area contributed by atoms with Crippen LogP contribution >= 0.6 is 0 Å². The van der Waals surface area contributed by atoms with Crippen molar-refractivity contribution in [2.24, 2.45) is 5.92 Å². The molecule has 0 bridgehead atoms. The van der Waals surface area contributed by atoms with E-state index in [-0.39, 0.29) is 11.8 Å². The average molecular weight is 435 g/mol. The summed E-state index contributed by atoms with van der Waals surface area (Å²) < 4.78 is 1.94. The van der Waals surface area contributed by atoms with Gasteiger partial charge in [-0.3, -0.25) is 9.89 Å². The molecule has 1 fully saturated rings.